The molecule has 3 aromatic rings. The number of benzene rings is 1. The first-order valence-electron chi connectivity index (χ1n) is 6.95. The van der Waals surface area contributed by atoms with Crippen molar-refractivity contribution in [3.63, 3.8) is 0 Å². The highest BCUT2D eigenvalue weighted by Gasteiger charge is 2.30. The molecule has 0 aliphatic heterocycles. The van der Waals surface area contributed by atoms with Crippen molar-refractivity contribution in [2.45, 2.75) is 24.9 Å². The number of hydrogen-bond acceptors (Lipinski definition) is 3. The molecule has 1 unspecified atom stereocenters. The molecular weight excluding hydrogens is 250 g/mol. The molecule has 5 heteroatoms. The van der Waals surface area contributed by atoms with Gasteiger partial charge in [0.2, 0.25) is 0 Å². The van der Waals surface area contributed by atoms with Gasteiger partial charge in [-0.1, -0.05) is 12.1 Å². The fourth-order valence-electron chi connectivity index (χ4n) is 2.75. The van der Waals surface area contributed by atoms with Crippen molar-refractivity contribution in [3.05, 3.63) is 48.0 Å². The molecule has 1 atom stereocenters. The van der Waals surface area contributed by atoms with E-state index < -0.39 is 0 Å². The molecule has 2 aromatic heterocycles. The zero-order valence-corrected chi connectivity index (χ0v) is 11.4. The number of hydrogen-bond donors (Lipinski definition) is 1. The van der Waals surface area contributed by atoms with Crippen LogP contribution in [0.1, 0.15) is 36.3 Å². The lowest BCUT2D eigenvalue weighted by atomic mass is 10.1. The van der Waals surface area contributed by atoms with Crippen LogP contribution >= 0.6 is 0 Å². The van der Waals surface area contributed by atoms with Crippen LogP contribution in [0.25, 0.3) is 11.0 Å². The van der Waals surface area contributed by atoms with Crippen molar-refractivity contribution >= 4 is 11.0 Å². The molecule has 0 radical (unpaired) electrons. The zero-order chi connectivity index (χ0) is 13.7. The lowest BCUT2D eigenvalue weighted by Gasteiger charge is -2.12. The van der Waals surface area contributed by atoms with Crippen molar-refractivity contribution in [1.82, 2.24) is 19.3 Å². The zero-order valence-electron chi connectivity index (χ0n) is 11.4. The van der Waals surface area contributed by atoms with Gasteiger partial charge in [-0.05, 0) is 25.0 Å². The fourth-order valence-corrected chi connectivity index (χ4v) is 2.75. The van der Waals surface area contributed by atoms with Gasteiger partial charge in [0.25, 0.3) is 0 Å². The summed E-state index contributed by atoms with van der Waals surface area (Å²) in [4.78, 5) is 4.76. The third-order valence-electron chi connectivity index (χ3n) is 3.90. The molecule has 4 rings (SSSR count). The van der Waals surface area contributed by atoms with Crippen molar-refractivity contribution in [2.75, 3.05) is 0 Å². The van der Waals surface area contributed by atoms with Gasteiger partial charge >= 0.3 is 0 Å². The summed E-state index contributed by atoms with van der Waals surface area (Å²) in [6.07, 6.45) is 6.21. The first-order chi connectivity index (χ1) is 9.74. The molecule has 1 fully saturated rings. The van der Waals surface area contributed by atoms with E-state index >= 15 is 0 Å². The lowest BCUT2D eigenvalue weighted by Crippen LogP contribution is -2.17. The normalized spacial score (nSPS) is 16.7. The molecule has 0 saturated heterocycles. The number of aromatic nitrogens is 4. The molecule has 5 nitrogen and oxygen atoms in total. The maximum absolute atomic E-state index is 6.42. The van der Waals surface area contributed by atoms with Gasteiger partial charge in [-0.2, -0.15) is 5.10 Å². The van der Waals surface area contributed by atoms with E-state index in [1.807, 2.05) is 31.6 Å². The highest BCUT2D eigenvalue weighted by molar-refractivity contribution is 5.76. The Balaban J connectivity index is 1.88. The number of imidazole rings is 1. The van der Waals surface area contributed by atoms with E-state index in [2.05, 4.69) is 21.8 Å². The number of aryl methyl sites for hydroxylation is 1. The van der Waals surface area contributed by atoms with Gasteiger partial charge in [-0.3, -0.25) is 4.68 Å². The van der Waals surface area contributed by atoms with E-state index in [9.17, 15) is 0 Å². The van der Waals surface area contributed by atoms with Crippen molar-refractivity contribution < 1.29 is 0 Å². The number of nitrogens with two attached hydrogens (primary N) is 1. The van der Waals surface area contributed by atoms with E-state index in [1.165, 1.54) is 18.4 Å². The average molecular weight is 267 g/mol. The van der Waals surface area contributed by atoms with Crippen LogP contribution < -0.4 is 5.73 Å². The predicted molar refractivity (Wildman–Crippen MR) is 77.2 cm³/mol. The second-order valence-electron chi connectivity index (χ2n) is 5.48. The topological polar surface area (TPSA) is 61.7 Å². The molecule has 1 aliphatic rings. The second-order valence-corrected chi connectivity index (χ2v) is 5.48. The Bertz CT molecular complexity index is 766. The van der Waals surface area contributed by atoms with Crippen molar-refractivity contribution in [3.8, 4) is 0 Å². The fraction of sp³-hybridized carbons (Fsp3) is 0.333. The van der Waals surface area contributed by atoms with Crippen LogP contribution in [0.2, 0.25) is 0 Å². The molecule has 102 valence electrons. The van der Waals surface area contributed by atoms with Crippen LogP contribution in [0, 0.1) is 0 Å². The summed E-state index contributed by atoms with van der Waals surface area (Å²) < 4.78 is 4.09. The van der Waals surface area contributed by atoms with Crippen LogP contribution in [0.5, 0.6) is 0 Å². The SMILES string of the molecule is Cn1cc(C(N)c2nc3ccccc3n2C2CC2)cn1. The van der Waals surface area contributed by atoms with Gasteiger partial charge in [0.05, 0.1) is 23.3 Å². The van der Waals surface area contributed by atoms with Gasteiger partial charge in [0, 0.05) is 24.8 Å². The summed E-state index contributed by atoms with van der Waals surface area (Å²) in [6, 6.07) is 8.58. The molecule has 20 heavy (non-hydrogen) atoms. The van der Waals surface area contributed by atoms with Gasteiger partial charge in [-0.25, -0.2) is 4.98 Å². The number of rotatable bonds is 3. The minimum absolute atomic E-state index is 0.225. The van der Waals surface area contributed by atoms with E-state index in [-0.39, 0.29) is 6.04 Å². The van der Waals surface area contributed by atoms with Gasteiger partial charge in [-0.15, -0.1) is 0 Å². The van der Waals surface area contributed by atoms with Crippen molar-refractivity contribution in [1.29, 1.82) is 0 Å². The quantitative estimate of drug-likeness (QED) is 0.791. The minimum atomic E-state index is -0.225. The van der Waals surface area contributed by atoms with Crippen molar-refractivity contribution in [2.24, 2.45) is 12.8 Å². The standard InChI is InChI=1S/C15H17N5/c1-19-9-10(8-17-19)14(16)15-18-12-4-2-3-5-13(12)20(15)11-6-7-11/h2-5,8-9,11,14H,6-7,16H2,1H3. The number of fused-ring (bicyclic) bond motifs is 1. The maximum atomic E-state index is 6.42. The number of nitrogens with zero attached hydrogens (tertiary/aromatic N) is 4. The average Bonchev–Trinajstić information content (AvgIpc) is 3.08. The number of para-hydroxylation sites is 2. The summed E-state index contributed by atoms with van der Waals surface area (Å²) in [7, 11) is 1.90. The van der Waals surface area contributed by atoms with Crippen LogP contribution in [0.4, 0.5) is 0 Å². The first-order valence-corrected chi connectivity index (χ1v) is 6.95. The lowest BCUT2D eigenvalue weighted by molar-refractivity contribution is 0.658. The molecule has 1 saturated carbocycles. The van der Waals surface area contributed by atoms with Crippen LogP contribution in [0.15, 0.2) is 36.7 Å². The Morgan fingerprint density at radius 1 is 1.30 bits per heavy atom. The van der Waals surface area contributed by atoms with E-state index in [0.717, 1.165) is 16.9 Å². The highest BCUT2D eigenvalue weighted by atomic mass is 15.2. The van der Waals surface area contributed by atoms with E-state index in [0.29, 0.717) is 6.04 Å². The molecule has 1 aliphatic carbocycles. The van der Waals surface area contributed by atoms with Crippen LogP contribution in [-0.4, -0.2) is 19.3 Å². The van der Waals surface area contributed by atoms with Crippen LogP contribution in [0.3, 0.4) is 0 Å². The third-order valence-corrected chi connectivity index (χ3v) is 3.90. The molecule has 0 amide bonds. The maximum Gasteiger partial charge on any atom is 0.131 e. The second kappa shape index (κ2) is 4.18. The Kier molecular flexibility index (Phi) is 2.44. The summed E-state index contributed by atoms with van der Waals surface area (Å²) in [5, 5.41) is 4.21. The Hall–Kier alpha value is -2.14. The smallest absolute Gasteiger partial charge is 0.131 e. The first kappa shape index (κ1) is 11.7. The summed E-state index contributed by atoms with van der Waals surface area (Å²) >= 11 is 0. The largest absolute Gasteiger partial charge is 0.323 e. The minimum Gasteiger partial charge on any atom is -0.323 e. The van der Waals surface area contributed by atoms with E-state index in [4.69, 9.17) is 10.7 Å². The van der Waals surface area contributed by atoms with Crippen LogP contribution in [-0.2, 0) is 7.05 Å². The van der Waals surface area contributed by atoms with E-state index in [1.54, 1.807) is 4.68 Å². The molecule has 0 spiro atoms. The molecule has 2 N–H and O–H groups in total. The summed E-state index contributed by atoms with van der Waals surface area (Å²) in [6.45, 7) is 0. The summed E-state index contributed by atoms with van der Waals surface area (Å²) in [5.74, 6) is 0.946. The monoisotopic (exact) mass is 267 g/mol. The molecule has 0 bridgehead atoms. The summed E-state index contributed by atoms with van der Waals surface area (Å²) in [5.41, 5.74) is 9.63. The Morgan fingerprint density at radius 2 is 2.10 bits per heavy atom. The Morgan fingerprint density at radius 3 is 2.80 bits per heavy atom. The predicted octanol–water partition coefficient (Wildman–Crippen LogP) is 2.15. The molecular formula is C15H17N5. The molecule has 2 heterocycles. The third kappa shape index (κ3) is 1.74. The van der Waals surface area contributed by atoms with Gasteiger partial charge in [0.1, 0.15) is 5.82 Å². The Labute approximate surface area is 117 Å². The highest BCUT2D eigenvalue weighted by Crippen LogP contribution is 2.40. The van der Waals surface area contributed by atoms with Gasteiger partial charge < -0.3 is 10.3 Å². The van der Waals surface area contributed by atoms with Gasteiger partial charge in [0.15, 0.2) is 0 Å². The molecule has 1 aromatic carbocycles.